The van der Waals surface area contributed by atoms with Crippen LogP contribution in [0.4, 0.5) is 4.79 Å². The molecule has 0 fully saturated rings. The quantitative estimate of drug-likeness (QED) is 0.284. The van der Waals surface area contributed by atoms with Crippen LogP contribution >= 0.6 is 0 Å². The van der Waals surface area contributed by atoms with Crippen molar-refractivity contribution in [2.75, 3.05) is 20.8 Å². The Morgan fingerprint density at radius 3 is 2.27 bits per heavy atom. The summed E-state index contributed by atoms with van der Waals surface area (Å²) < 4.78 is 23.0. The van der Waals surface area contributed by atoms with Crippen molar-refractivity contribution in [3.05, 3.63) is 35.4 Å². The standard InChI is InChI=1S/C20H28N4O4.CH2O3.Na/c1-14-12-16(18-21-23-24(4)22-18)13-15(2)17(14)27-11-7-8-20(26-6)10-9-19(3,25-5)28-20;2-1(3)4;/h9-10,12-13H,7-8,11H2,1-6H3;(H2,2,3,4);/q;;+1/p-1. The molecule has 3 rings (SSSR count). The van der Waals surface area contributed by atoms with Gasteiger partial charge in [-0.2, -0.15) is 4.80 Å². The summed E-state index contributed by atoms with van der Waals surface area (Å²) in [6, 6.07) is 4.03. The van der Waals surface area contributed by atoms with Gasteiger partial charge in [-0.25, -0.2) is 0 Å². The molecule has 0 saturated carbocycles. The third kappa shape index (κ3) is 8.05. The molecule has 2 atom stereocenters. The third-order valence-corrected chi connectivity index (χ3v) is 4.91. The molecule has 11 nitrogen and oxygen atoms in total. The Hall–Kier alpha value is -2.02. The van der Waals surface area contributed by atoms with Crippen molar-refractivity contribution in [3.63, 3.8) is 0 Å². The Morgan fingerprint density at radius 1 is 1.21 bits per heavy atom. The van der Waals surface area contributed by atoms with E-state index in [4.69, 9.17) is 34.0 Å². The number of carbonyl (C=O) groups is 1. The van der Waals surface area contributed by atoms with Gasteiger partial charge in [-0.15, -0.1) is 10.2 Å². The first-order valence-corrected chi connectivity index (χ1v) is 9.92. The number of carboxylic acid groups (broad SMARTS) is 2. The number of benzene rings is 1. The van der Waals surface area contributed by atoms with Gasteiger partial charge >= 0.3 is 29.6 Å². The van der Waals surface area contributed by atoms with E-state index in [1.165, 1.54) is 4.80 Å². The van der Waals surface area contributed by atoms with Gasteiger partial charge in [-0.3, -0.25) is 0 Å². The Morgan fingerprint density at radius 2 is 1.82 bits per heavy atom. The fourth-order valence-corrected chi connectivity index (χ4v) is 3.34. The largest absolute Gasteiger partial charge is 1.00 e. The molecule has 1 aromatic heterocycles. The molecule has 0 bridgehead atoms. The number of ether oxygens (including phenoxy) is 4. The van der Waals surface area contributed by atoms with Crippen molar-refractivity contribution < 1.29 is 63.5 Å². The summed E-state index contributed by atoms with van der Waals surface area (Å²) in [6.07, 6.45) is 3.14. The molecule has 0 aliphatic carbocycles. The molecule has 176 valence electrons. The van der Waals surface area contributed by atoms with Crippen molar-refractivity contribution in [1.82, 2.24) is 20.2 Å². The van der Waals surface area contributed by atoms with Crippen molar-refractivity contribution in [1.29, 1.82) is 0 Å². The molecule has 0 spiro atoms. The number of aryl methyl sites for hydroxylation is 3. The van der Waals surface area contributed by atoms with Crippen molar-refractivity contribution in [2.45, 2.75) is 45.2 Å². The van der Waals surface area contributed by atoms with Crippen LogP contribution in [0.25, 0.3) is 11.4 Å². The fraction of sp³-hybridized carbons (Fsp3) is 0.524. The number of hydrogen-bond acceptors (Lipinski definition) is 9. The third-order valence-electron chi connectivity index (χ3n) is 4.91. The molecule has 0 radical (unpaired) electrons. The van der Waals surface area contributed by atoms with Crippen LogP contribution in [0.5, 0.6) is 5.75 Å². The normalized spacial score (nSPS) is 21.2. The predicted octanol–water partition coefficient (Wildman–Crippen LogP) is -1.16. The number of rotatable bonds is 8. The molecule has 33 heavy (non-hydrogen) atoms. The van der Waals surface area contributed by atoms with E-state index < -0.39 is 17.7 Å². The topological polar surface area (TPSA) is 141 Å². The van der Waals surface area contributed by atoms with Gasteiger partial charge in [-0.05, 0) is 67.8 Å². The average Bonchev–Trinajstić information content (AvgIpc) is 3.31. The van der Waals surface area contributed by atoms with Gasteiger partial charge in [-0.1, -0.05) is 0 Å². The van der Waals surface area contributed by atoms with Gasteiger partial charge in [0.05, 0.1) is 13.7 Å². The van der Waals surface area contributed by atoms with Gasteiger partial charge < -0.3 is 34.0 Å². The summed E-state index contributed by atoms with van der Waals surface area (Å²) in [5, 5.41) is 27.5. The number of tetrazole rings is 1. The van der Waals surface area contributed by atoms with E-state index in [2.05, 4.69) is 15.4 Å². The maximum Gasteiger partial charge on any atom is 1.00 e. The molecule has 2 unspecified atom stereocenters. The van der Waals surface area contributed by atoms with Crippen molar-refractivity contribution in [3.8, 4) is 17.1 Å². The van der Waals surface area contributed by atoms with Crippen LogP contribution in [-0.4, -0.2) is 63.9 Å². The summed E-state index contributed by atoms with van der Waals surface area (Å²) in [6.45, 7) is 6.45. The van der Waals surface area contributed by atoms with Gasteiger partial charge in [0.25, 0.3) is 0 Å². The van der Waals surface area contributed by atoms with E-state index in [1.54, 1.807) is 21.3 Å². The Kier molecular flexibility index (Phi) is 10.9. The van der Waals surface area contributed by atoms with Crippen LogP contribution in [0.15, 0.2) is 24.3 Å². The molecule has 1 aliphatic heterocycles. The van der Waals surface area contributed by atoms with Crippen LogP contribution in [0.3, 0.4) is 0 Å². The van der Waals surface area contributed by atoms with E-state index in [1.807, 2.05) is 45.1 Å². The number of methoxy groups -OCH3 is 2. The molecule has 1 aromatic carbocycles. The van der Waals surface area contributed by atoms with Crippen molar-refractivity contribution in [2.24, 2.45) is 7.05 Å². The predicted molar refractivity (Wildman–Crippen MR) is 112 cm³/mol. The Bertz CT molecular complexity index is 941. The molecule has 1 aliphatic rings. The van der Waals surface area contributed by atoms with Crippen LogP contribution in [0.1, 0.15) is 30.9 Å². The van der Waals surface area contributed by atoms with Crippen LogP contribution in [0, 0.1) is 13.8 Å². The first-order chi connectivity index (χ1) is 15.0. The van der Waals surface area contributed by atoms with E-state index in [0.29, 0.717) is 18.9 Å². The molecule has 0 saturated heterocycles. The molecule has 2 heterocycles. The smallest absolute Gasteiger partial charge is 0.565 e. The van der Waals surface area contributed by atoms with E-state index in [9.17, 15) is 0 Å². The molecular formula is C21H29N4NaO7. The fourth-order valence-electron chi connectivity index (χ4n) is 3.34. The Balaban J connectivity index is 0.00000101. The maximum absolute atomic E-state index is 8.44. The second-order valence-electron chi connectivity index (χ2n) is 7.43. The zero-order chi connectivity index (χ0) is 23.9. The van der Waals surface area contributed by atoms with Crippen LogP contribution in [0.2, 0.25) is 0 Å². The minimum atomic E-state index is -2.08. The van der Waals surface area contributed by atoms with Gasteiger partial charge in [0, 0.05) is 26.2 Å². The maximum atomic E-state index is 8.44. The minimum absolute atomic E-state index is 0. The number of aromatic nitrogens is 4. The number of hydrogen-bond donors (Lipinski definition) is 1. The van der Waals surface area contributed by atoms with Crippen LogP contribution in [-0.2, 0) is 21.3 Å². The SMILES string of the molecule is COC1(C)C=CC(CCCOc2c(C)cc(-c3nnn(C)n3)cc2C)(OC)O1.O=C([O-])O.[Na+]. The Labute approximate surface area is 215 Å². The van der Waals surface area contributed by atoms with E-state index in [0.717, 1.165) is 28.9 Å². The second kappa shape index (κ2) is 12.4. The van der Waals surface area contributed by atoms with Crippen molar-refractivity contribution >= 4 is 6.16 Å². The number of nitrogens with zero attached hydrogens (tertiary/aromatic N) is 4. The second-order valence-corrected chi connectivity index (χ2v) is 7.43. The monoisotopic (exact) mass is 472 g/mol. The molecule has 0 amide bonds. The zero-order valence-electron chi connectivity index (χ0n) is 20.1. The van der Waals surface area contributed by atoms with Gasteiger partial charge in [0.1, 0.15) is 5.75 Å². The molecular weight excluding hydrogens is 443 g/mol. The summed E-state index contributed by atoms with van der Waals surface area (Å²) >= 11 is 0. The van der Waals surface area contributed by atoms with Crippen LogP contribution < -0.4 is 39.4 Å². The van der Waals surface area contributed by atoms with Gasteiger partial charge in [0.2, 0.25) is 12.0 Å². The summed E-state index contributed by atoms with van der Waals surface area (Å²) in [5.74, 6) is -0.0501. The molecule has 12 heteroatoms. The van der Waals surface area contributed by atoms with E-state index >= 15 is 0 Å². The van der Waals surface area contributed by atoms with Gasteiger partial charge in [0.15, 0.2) is 11.6 Å². The van der Waals surface area contributed by atoms with E-state index in [-0.39, 0.29) is 29.6 Å². The summed E-state index contributed by atoms with van der Waals surface area (Å²) in [5.41, 5.74) is 3.00. The molecule has 1 N–H and O–H groups in total. The summed E-state index contributed by atoms with van der Waals surface area (Å²) in [4.78, 5) is 9.89. The minimum Gasteiger partial charge on any atom is -0.565 e. The first kappa shape index (κ1) is 29.0. The first-order valence-electron chi connectivity index (χ1n) is 9.92. The average molecular weight is 472 g/mol. The zero-order valence-corrected chi connectivity index (χ0v) is 22.1. The summed E-state index contributed by atoms with van der Waals surface area (Å²) in [7, 11) is 5.00. The molecule has 2 aromatic rings.